The Labute approximate surface area is 130 Å². The second-order valence-electron chi connectivity index (χ2n) is 5.60. The van der Waals surface area contributed by atoms with E-state index in [1.54, 1.807) is 12.1 Å². The summed E-state index contributed by atoms with van der Waals surface area (Å²) in [7, 11) is 0. The molecule has 0 fully saturated rings. The Morgan fingerprint density at radius 2 is 1.95 bits per heavy atom. The summed E-state index contributed by atoms with van der Waals surface area (Å²) in [5.41, 5.74) is 0.227. The molecule has 0 saturated heterocycles. The molecule has 1 rings (SSSR count). The molecular weight excluding hydrogens is 290 g/mol. The number of carboxylic acid groups (broad SMARTS) is 1. The van der Waals surface area contributed by atoms with Gasteiger partial charge in [0.15, 0.2) is 0 Å². The van der Waals surface area contributed by atoms with Crippen LogP contribution in [0.1, 0.15) is 45.1 Å². The lowest BCUT2D eigenvalue weighted by molar-refractivity contribution is -0.137. The molecule has 2 N–H and O–H groups in total. The van der Waals surface area contributed by atoms with Crippen molar-refractivity contribution in [1.82, 2.24) is 5.32 Å². The third-order valence-electron chi connectivity index (χ3n) is 3.47. The van der Waals surface area contributed by atoms with Crippen molar-refractivity contribution in [1.29, 1.82) is 0 Å². The normalized spacial score (nSPS) is 11.2. The van der Waals surface area contributed by atoms with Crippen molar-refractivity contribution in [3.63, 3.8) is 0 Å². The molecule has 0 radical (unpaired) electrons. The standard InChI is InChI=1S/C16H22ClNO3/c1-16(2,12-7-6-8-13(17)11-12)15(21)18-10-5-3-4-9-14(19)20/h6-8,11H,3-5,9-10H2,1-2H3,(H,18,21)(H,19,20). The molecule has 4 nitrogen and oxygen atoms in total. The van der Waals surface area contributed by atoms with E-state index < -0.39 is 11.4 Å². The van der Waals surface area contributed by atoms with E-state index in [0.29, 0.717) is 18.0 Å². The number of amides is 1. The van der Waals surface area contributed by atoms with Gasteiger partial charge in [0.1, 0.15) is 0 Å². The molecule has 5 heteroatoms. The van der Waals surface area contributed by atoms with E-state index in [0.717, 1.165) is 18.4 Å². The zero-order valence-electron chi connectivity index (χ0n) is 12.5. The van der Waals surface area contributed by atoms with Gasteiger partial charge in [0.25, 0.3) is 0 Å². The molecule has 0 aliphatic carbocycles. The van der Waals surface area contributed by atoms with E-state index in [2.05, 4.69) is 5.32 Å². The molecule has 0 bridgehead atoms. The lowest BCUT2D eigenvalue weighted by atomic mass is 9.83. The van der Waals surface area contributed by atoms with Gasteiger partial charge in [0, 0.05) is 18.0 Å². The van der Waals surface area contributed by atoms with Gasteiger partial charge in [0.2, 0.25) is 5.91 Å². The molecule has 0 atom stereocenters. The number of aliphatic carboxylic acids is 1. The summed E-state index contributed by atoms with van der Waals surface area (Å²) in [4.78, 5) is 22.6. The van der Waals surface area contributed by atoms with Crippen LogP contribution in [0.4, 0.5) is 0 Å². The Bertz CT molecular complexity index is 500. The maximum atomic E-state index is 12.3. The molecule has 0 unspecified atom stereocenters. The van der Waals surface area contributed by atoms with E-state index in [-0.39, 0.29) is 12.3 Å². The number of hydrogen-bond acceptors (Lipinski definition) is 2. The minimum absolute atomic E-state index is 0.0528. The molecule has 1 aromatic rings. The molecule has 0 spiro atoms. The second-order valence-corrected chi connectivity index (χ2v) is 6.03. The molecule has 1 amide bonds. The minimum atomic E-state index is -0.777. The van der Waals surface area contributed by atoms with Crippen LogP contribution in [0.25, 0.3) is 0 Å². The zero-order chi connectivity index (χ0) is 15.9. The number of carboxylic acids is 1. The van der Waals surface area contributed by atoms with Crippen LogP contribution in [0.5, 0.6) is 0 Å². The number of carbonyl (C=O) groups is 2. The number of carbonyl (C=O) groups excluding carboxylic acids is 1. The van der Waals surface area contributed by atoms with Gasteiger partial charge >= 0.3 is 5.97 Å². The number of benzene rings is 1. The highest BCUT2D eigenvalue weighted by Gasteiger charge is 2.29. The molecule has 0 saturated carbocycles. The highest BCUT2D eigenvalue weighted by molar-refractivity contribution is 6.30. The van der Waals surface area contributed by atoms with Crippen molar-refractivity contribution in [2.24, 2.45) is 0 Å². The van der Waals surface area contributed by atoms with Gasteiger partial charge < -0.3 is 10.4 Å². The van der Waals surface area contributed by atoms with Crippen molar-refractivity contribution < 1.29 is 14.7 Å². The predicted octanol–water partition coefficient (Wildman–Crippen LogP) is 3.38. The average molecular weight is 312 g/mol. The summed E-state index contributed by atoms with van der Waals surface area (Å²) in [6, 6.07) is 7.30. The Morgan fingerprint density at radius 3 is 2.57 bits per heavy atom. The number of hydrogen-bond donors (Lipinski definition) is 2. The Morgan fingerprint density at radius 1 is 1.24 bits per heavy atom. The minimum Gasteiger partial charge on any atom is -0.481 e. The van der Waals surface area contributed by atoms with Gasteiger partial charge in [-0.1, -0.05) is 30.2 Å². The summed E-state index contributed by atoms with van der Waals surface area (Å²) in [5, 5.41) is 12.0. The fourth-order valence-electron chi connectivity index (χ4n) is 2.01. The third-order valence-corrected chi connectivity index (χ3v) is 3.70. The van der Waals surface area contributed by atoms with E-state index in [1.807, 2.05) is 26.0 Å². The van der Waals surface area contributed by atoms with Crippen LogP contribution in [-0.4, -0.2) is 23.5 Å². The first-order valence-electron chi connectivity index (χ1n) is 7.10. The monoisotopic (exact) mass is 311 g/mol. The largest absolute Gasteiger partial charge is 0.481 e. The Kier molecular flexibility index (Phi) is 6.69. The summed E-state index contributed by atoms with van der Waals surface area (Å²) in [5.74, 6) is -0.830. The topological polar surface area (TPSA) is 66.4 Å². The number of nitrogens with one attached hydrogen (secondary N) is 1. The van der Waals surface area contributed by atoms with Crippen LogP contribution in [0.15, 0.2) is 24.3 Å². The molecule has 0 heterocycles. The van der Waals surface area contributed by atoms with Gasteiger partial charge in [-0.2, -0.15) is 0 Å². The van der Waals surface area contributed by atoms with Gasteiger partial charge in [-0.3, -0.25) is 9.59 Å². The molecule has 116 valence electrons. The summed E-state index contributed by atoms with van der Waals surface area (Å²) < 4.78 is 0. The first-order chi connectivity index (χ1) is 9.84. The highest BCUT2D eigenvalue weighted by Crippen LogP contribution is 2.25. The predicted molar refractivity (Wildman–Crippen MR) is 83.6 cm³/mol. The SMILES string of the molecule is CC(C)(C(=O)NCCCCCC(=O)O)c1cccc(Cl)c1. The lowest BCUT2D eigenvalue weighted by Crippen LogP contribution is -2.40. The van der Waals surface area contributed by atoms with E-state index in [4.69, 9.17) is 16.7 Å². The lowest BCUT2D eigenvalue weighted by Gasteiger charge is -2.24. The zero-order valence-corrected chi connectivity index (χ0v) is 13.2. The quantitative estimate of drug-likeness (QED) is 0.723. The second kappa shape index (κ2) is 8.03. The first kappa shape index (κ1) is 17.5. The summed E-state index contributed by atoms with van der Waals surface area (Å²) in [6.45, 7) is 4.28. The van der Waals surface area contributed by atoms with Gasteiger partial charge in [-0.25, -0.2) is 0 Å². The Balaban J connectivity index is 2.42. The molecule has 0 aliphatic rings. The maximum absolute atomic E-state index is 12.3. The van der Waals surface area contributed by atoms with Gasteiger partial charge in [-0.15, -0.1) is 0 Å². The molecule has 1 aromatic carbocycles. The van der Waals surface area contributed by atoms with Crippen molar-refractivity contribution in [3.8, 4) is 0 Å². The van der Waals surface area contributed by atoms with E-state index >= 15 is 0 Å². The van der Waals surface area contributed by atoms with Crippen molar-refractivity contribution in [2.75, 3.05) is 6.54 Å². The first-order valence-corrected chi connectivity index (χ1v) is 7.48. The summed E-state index contributed by atoms with van der Waals surface area (Å²) in [6.07, 6.45) is 2.40. The van der Waals surface area contributed by atoms with E-state index in [9.17, 15) is 9.59 Å². The van der Waals surface area contributed by atoms with Crippen LogP contribution in [0, 0.1) is 0 Å². The van der Waals surface area contributed by atoms with Crippen molar-refractivity contribution in [3.05, 3.63) is 34.9 Å². The van der Waals surface area contributed by atoms with Crippen LogP contribution in [-0.2, 0) is 15.0 Å². The molecule has 21 heavy (non-hydrogen) atoms. The fourth-order valence-corrected chi connectivity index (χ4v) is 2.20. The smallest absolute Gasteiger partial charge is 0.303 e. The van der Waals surface area contributed by atoms with Crippen LogP contribution in [0.3, 0.4) is 0 Å². The van der Waals surface area contributed by atoms with Crippen molar-refractivity contribution >= 4 is 23.5 Å². The summed E-state index contributed by atoms with van der Waals surface area (Å²) >= 11 is 5.96. The van der Waals surface area contributed by atoms with Crippen LogP contribution < -0.4 is 5.32 Å². The molecule has 0 aliphatic heterocycles. The molecular formula is C16H22ClNO3. The number of halogens is 1. The maximum Gasteiger partial charge on any atom is 0.303 e. The van der Waals surface area contributed by atoms with Crippen molar-refractivity contribution in [2.45, 2.75) is 44.9 Å². The van der Waals surface area contributed by atoms with Crippen LogP contribution in [0.2, 0.25) is 5.02 Å². The number of rotatable bonds is 8. The molecule has 0 aromatic heterocycles. The van der Waals surface area contributed by atoms with Crippen LogP contribution >= 0.6 is 11.6 Å². The highest BCUT2D eigenvalue weighted by atomic mass is 35.5. The third kappa shape index (κ3) is 5.76. The fraction of sp³-hybridized carbons (Fsp3) is 0.500. The van der Waals surface area contributed by atoms with E-state index in [1.165, 1.54) is 0 Å². The Hall–Kier alpha value is -1.55. The van der Waals surface area contributed by atoms with Gasteiger partial charge in [0.05, 0.1) is 5.41 Å². The number of unbranched alkanes of at least 4 members (excludes halogenated alkanes) is 2. The van der Waals surface area contributed by atoms with Gasteiger partial charge in [-0.05, 0) is 44.4 Å². The average Bonchev–Trinajstić information content (AvgIpc) is 2.42.